The summed E-state index contributed by atoms with van der Waals surface area (Å²) in [5.41, 5.74) is 1.23. The SMILES string of the molecule is CCC(=O)N1CCN(c2snc3c(F)c(-c4c(OC)ccc5ccccc45)c(Cl)cc23)CC1. The molecule has 1 fully saturated rings. The standard InChI is InChI=1S/C25H23ClFN3O2S/c1-3-20(31)29-10-12-30(13-11-29)25-17-14-18(26)22(23(27)24(17)28-33-25)21-16-7-5-4-6-15(16)8-9-19(21)32-2/h4-9,14H,3,10-13H2,1-2H3. The van der Waals surface area contributed by atoms with Gasteiger partial charge in [-0.3, -0.25) is 4.79 Å². The van der Waals surface area contributed by atoms with Gasteiger partial charge in [-0.05, 0) is 34.4 Å². The lowest BCUT2D eigenvalue weighted by molar-refractivity contribution is -0.131. The van der Waals surface area contributed by atoms with Gasteiger partial charge >= 0.3 is 0 Å². The maximum atomic E-state index is 16.0. The molecule has 1 amide bonds. The van der Waals surface area contributed by atoms with E-state index in [2.05, 4.69) is 9.27 Å². The maximum absolute atomic E-state index is 16.0. The molecule has 5 nitrogen and oxygen atoms in total. The molecular weight excluding hydrogens is 461 g/mol. The molecule has 1 aliphatic heterocycles. The summed E-state index contributed by atoms with van der Waals surface area (Å²) < 4.78 is 26.0. The fourth-order valence-corrected chi connectivity index (χ4v) is 5.71. The Bertz CT molecular complexity index is 1370. The predicted molar refractivity (Wildman–Crippen MR) is 133 cm³/mol. The van der Waals surface area contributed by atoms with Crippen LogP contribution < -0.4 is 9.64 Å². The van der Waals surface area contributed by atoms with Gasteiger partial charge in [-0.25, -0.2) is 4.39 Å². The monoisotopic (exact) mass is 483 g/mol. The number of hydrogen-bond donors (Lipinski definition) is 0. The molecule has 0 bridgehead atoms. The number of rotatable bonds is 4. The Hall–Kier alpha value is -2.90. The topological polar surface area (TPSA) is 45.7 Å². The minimum Gasteiger partial charge on any atom is -0.496 e. The van der Waals surface area contributed by atoms with Gasteiger partial charge in [-0.2, -0.15) is 4.37 Å². The first kappa shape index (κ1) is 21.9. The van der Waals surface area contributed by atoms with Gasteiger partial charge in [-0.1, -0.05) is 48.9 Å². The predicted octanol–water partition coefficient (Wildman–Crippen LogP) is 5.98. The van der Waals surface area contributed by atoms with Gasteiger partial charge in [0.05, 0.1) is 12.1 Å². The molecule has 33 heavy (non-hydrogen) atoms. The Morgan fingerprint density at radius 3 is 2.61 bits per heavy atom. The highest BCUT2D eigenvalue weighted by atomic mass is 35.5. The average Bonchev–Trinajstić information content (AvgIpc) is 3.27. The lowest BCUT2D eigenvalue weighted by Crippen LogP contribution is -2.48. The number of fused-ring (bicyclic) bond motifs is 2. The second-order valence-corrected chi connectivity index (χ2v) is 9.18. The normalized spacial score (nSPS) is 14.3. The fourth-order valence-electron chi connectivity index (χ4n) is 4.52. The van der Waals surface area contributed by atoms with E-state index in [1.807, 2.05) is 48.2 Å². The number of hydrogen-bond acceptors (Lipinski definition) is 5. The minimum absolute atomic E-state index is 0.159. The van der Waals surface area contributed by atoms with Crippen LogP contribution in [0, 0.1) is 5.82 Å². The van der Waals surface area contributed by atoms with E-state index in [1.54, 1.807) is 13.2 Å². The first-order chi connectivity index (χ1) is 16.0. The van der Waals surface area contributed by atoms with Crippen LogP contribution in [0.3, 0.4) is 0 Å². The maximum Gasteiger partial charge on any atom is 0.222 e. The molecule has 2 heterocycles. The van der Waals surface area contributed by atoms with Crippen molar-refractivity contribution in [3.8, 4) is 16.9 Å². The smallest absolute Gasteiger partial charge is 0.222 e. The number of piperazine rings is 1. The van der Waals surface area contributed by atoms with Crippen LogP contribution in [0.4, 0.5) is 9.39 Å². The Labute approximate surface area is 200 Å². The van der Waals surface area contributed by atoms with Gasteiger partial charge in [0.15, 0.2) is 5.82 Å². The number of methoxy groups -OCH3 is 1. The summed E-state index contributed by atoms with van der Waals surface area (Å²) in [6, 6.07) is 13.4. The van der Waals surface area contributed by atoms with E-state index in [0.717, 1.165) is 15.8 Å². The number of benzene rings is 3. The van der Waals surface area contributed by atoms with Crippen molar-refractivity contribution in [2.24, 2.45) is 0 Å². The van der Waals surface area contributed by atoms with Crippen molar-refractivity contribution in [1.29, 1.82) is 0 Å². The van der Waals surface area contributed by atoms with Crippen molar-refractivity contribution < 1.29 is 13.9 Å². The molecule has 0 radical (unpaired) electrons. The number of carbonyl (C=O) groups is 1. The summed E-state index contributed by atoms with van der Waals surface area (Å²) in [5, 5.41) is 3.73. The number of halogens is 2. The highest BCUT2D eigenvalue weighted by molar-refractivity contribution is 7.11. The fraction of sp³-hybridized carbons (Fsp3) is 0.280. The molecule has 8 heteroatoms. The summed E-state index contributed by atoms with van der Waals surface area (Å²) in [6.45, 7) is 4.53. The Balaban J connectivity index is 1.60. The van der Waals surface area contributed by atoms with Crippen LogP contribution in [0.25, 0.3) is 32.8 Å². The summed E-state index contributed by atoms with van der Waals surface area (Å²) in [7, 11) is 1.57. The van der Waals surface area contributed by atoms with Crippen LogP contribution in [0.2, 0.25) is 5.02 Å². The van der Waals surface area contributed by atoms with Crippen molar-refractivity contribution >= 4 is 55.7 Å². The molecule has 1 aromatic heterocycles. The molecule has 0 atom stereocenters. The van der Waals surface area contributed by atoms with E-state index < -0.39 is 5.82 Å². The molecule has 0 unspecified atom stereocenters. The molecular formula is C25H23ClFN3O2S. The van der Waals surface area contributed by atoms with Crippen molar-refractivity contribution in [2.45, 2.75) is 13.3 Å². The Kier molecular flexibility index (Phi) is 5.85. The van der Waals surface area contributed by atoms with Crippen LogP contribution in [-0.4, -0.2) is 48.5 Å². The lowest BCUT2D eigenvalue weighted by atomic mass is 9.95. The van der Waals surface area contributed by atoms with E-state index in [1.165, 1.54) is 11.5 Å². The molecule has 1 aliphatic rings. The molecule has 5 rings (SSSR count). The van der Waals surface area contributed by atoms with Gasteiger partial charge in [0.2, 0.25) is 5.91 Å². The van der Waals surface area contributed by atoms with Crippen molar-refractivity contribution in [2.75, 3.05) is 38.2 Å². The number of amides is 1. The lowest BCUT2D eigenvalue weighted by Gasteiger charge is -2.35. The molecule has 0 saturated carbocycles. The van der Waals surface area contributed by atoms with Gasteiger partial charge in [0.1, 0.15) is 16.3 Å². The average molecular weight is 484 g/mol. The van der Waals surface area contributed by atoms with E-state index in [0.29, 0.717) is 65.4 Å². The molecule has 0 N–H and O–H groups in total. The number of carbonyl (C=O) groups excluding carboxylic acids is 1. The van der Waals surface area contributed by atoms with Gasteiger partial charge in [-0.15, -0.1) is 0 Å². The minimum atomic E-state index is -0.450. The van der Waals surface area contributed by atoms with Gasteiger partial charge in [0.25, 0.3) is 0 Å². The zero-order valence-corrected chi connectivity index (χ0v) is 20.0. The Morgan fingerprint density at radius 1 is 1.12 bits per heavy atom. The van der Waals surface area contributed by atoms with Crippen LogP contribution in [0.1, 0.15) is 13.3 Å². The second kappa shape index (κ2) is 8.80. The first-order valence-corrected chi connectivity index (χ1v) is 12.0. The highest BCUT2D eigenvalue weighted by Gasteiger charge is 2.27. The second-order valence-electron chi connectivity index (χ2n) is 8.02. The molecule has 4 aromatic rings. The molecule has 170 valence electrons. The summed E-state index contributed by atoms with van der Waals surface area (Å²) in [6.07, 6.45) is 0.505. The molecule has 0 spiro atoms. The van der Waals surface area contributed by atoms with Gasteiger partial charge < -0.3 is 14.5 Å². The van der Waals surface area contributed by atoms with E-state index in [4.69, 9.17) is 16.3 Å². The third-order valence-electron chi connectivity index (χ3n) is 6.23. The van der Waals surface area contributed by atoms with Gasteiger partial charge in [0, 0.05) is 49.1 Å². The summed E-state index contributed by atoms with van der Waals surface area (Å²) >= 11 is 8.00. The van der Waals surface area contributed by atoms with E-state index >= 15 is 4.39 Å². The molecule has 0 aliphatic carbocycles. The Morgan fingerprint density at radius 2 is 1.88 bits per heavy atom. The zero-order valence-electron chi connectivity index (χ0n) is 18.4. The van der Waals surface area contributed by atoms with Crippen LogP contribution in [0.5, 0.6) is 5.75 Å². The van der Waals surface area contributed by atoms with Crippen molar-refractivity contribution in [3.63, 3.8) is 0 Å². The van der Waals surface area contributed by atoms with Crippen LogP contribution >= 0.6 is 23.1 Å². The largest absolute Gasteiger partial charge is 0.496 e. The number of ether oxygens (including phenoxy) is 1. The number of aromatic nitrogens is 1. The van der Waals surface area contributed by atoms with Crippen LogP contribution in [0.15, 0.2) is 42.5 Å². The number of anilines is 1. The van der Waals surface area contributed by atoms with E-state index in [-0.39, 0.29) is 5.91 Å². The summed E-state index contributed by atoms with van der Waals surface area (Å²) in [4.78, 5) is 16.0. The third kappa shape index (κ3) is 3.69. The van der Waals surface area contributed by atoms with Crippen molar-refractivity contribution in [3.05, 3.63) is 53.3 Å². The molecule has 1 saturated heterocycles. The van der Waals surface area contributed by atoms with Crippen molar-refractivity contribution in [1.82, 2.24) is 9.27 Å². The van der Waals surface area contributed by atoms with E-state index in [9.17, 15) is 4.79 Å². The third-order valence-corrected chi connectivity index (χ3v) is 7.45. The number of nitrogens with zero attached hydrogens (tertiary/aromatic N) is 3. The first-order valence-electron chi connectivity index (χ1n) is 10.9. The van der Waals surface area contributed by atoms with Crippen LogP contribution in [-0.2, 0) is 4.79 Å². The quantitative estimate of drug-likeness (QED) is 0.358. The summed E-state index contributed by atoms with van der Waals surface area (Å²) in [5.74, 6) is 0.266. The highest BCUT2D eigenvalue weighted by Crippen LogP contribution is 2.46. The molecule has 3 aromatic carbocycles. The zero-order chi connectivity index (χ0) is 23.1.